The summed E-state index contributed by atoms with van der Waals surface area (Å²) in [5.74, 6) is 0.840. The number of aliphatic imine (C=N–C) groups is 2. The molecule has 2 N–H and O–H groups in total. The molecular formula is C22H30N4. The van der Waals surface area contributed by atoms with Gasteiger partial charge in [-0.05, 0) is 47.2 Å². The molecule has 0 saturated heterocycles. The van der Waals surface area contributed by atoms with Crippen LogP contribution in [0.2, 0.25) is 0 Å². The first-order chi connectivity index (χ1) is 12.4. The van der Waals surface area contributed by atoms with Gasteiger partial charge < -0.3 is 10.6 Å². The van der Waals surface area contributed by atoms with E-state index in [-0.39, 0.29) is 0 Å². The summed E-state index contributed by atoms with van der Waals surface area (Å²) < 4.78 is 0. The maximum Gasteiger partial charge on any atom is 0.0863 e. The molecule has 0 spiro atoms. The summed E-state index contributed by atoms with van der Waals surface area (Å²) in [6.45, 7) is 8.50. The van der Waals surface area contributed by atoms with Crippen molar-refractivity contribution in [3.63, 3.8) is 0 Å². The summed E-state index contributed by atoms with van der Waals surface area (Å²) in [6.07, 6.45) is 3.94. The lowest BCUT2D eigenvalue weighted by Crippen LogP contribution is -1.93. The molecule has 2 aromatic rings. The minimum absolute atomic E-state index is 0.414. The fourth-order valence-electron chi connectivity index (χ4n) is 2.52. The van der Waals surface area contributed by atoms with Crippen molar-refractivity contribution < 1.29 is 0 Å². The number of hydrogen-bond donors (Lipinski definition) is 2. The van der Waals surface area contributed by atoms with Gasteiger partial charge in [0.1, 0.15) is 0 Å². The van der Waals surface area contributed by atoms with Crippen LogP contribution < -0.4 is 10.6 Å². The van der Waals surface area contributed by atoms with E-state index in [9.17, 15) is 0 Å². The Labute approximate surface area is 157 Å². The molecule has 0 fully saturated rings. The highest BCUT2D eigenvalue weighted by Crippen LogP contribution is 2.34. The van der Waals surface area contributed by atoms with E-state index in [0.717, 1.165) is 33.9 Å². The van der Waals surface area contributed by atoms with Gasteiger partial charge in [-0.25, -0.2) is 0 Å². The quantitative estimate of drug-likeness (QED) is 0.588. The summed E-state index contributed by atoms with van der Waals surface area (Å²) >= 11 is 0. The van der Waals surface area contributed by atoms with Crippen LogP contribution in [0.3, 0.4) is 0 Å². The Morgan fingerprint density at radius 2 is 1.23 bits per heavy atom. The minimum Gasteiger partial charge on any atom is -0.386 e. The lowest BCUT2D eigenvalue weighted by molar-refractivity contribution is 0.907. The summed E-state index contributed by atoms with van der Waals surface area (Å²) in [6, 6.07) is 12.6. The van der Waals surface area contributed by atoms with Gasteiger partial charge in [-0.1, -0.05) is 39.8 Å². The van der Waals surface area contributed by atoms with E-state index in [2.05, 4.69) is 84.7 Å². The number of nitrogens with one attached hydrogen (secondary N) is 2. The lowest BCUT2D eigenvalue weighted by Gasteiger charge is -2.11. The first-order valence-electron chi connectivity index (χ1n) is 9.17. The molecule has 4 heteroatoms. The Hall–Kier alpha value is -2.62. The first kappa shape index (κ1) is 19.7. The van der Waals surface area contributed by atoms with Gasteiger partial charge in [0.05, 0.1) is 22.7 Å². The van der Waals surface area contributed by atoms with Crippen LogP contribution in [-0.4, -0.2) is 26.5 Å². The smallest absolute Gasteiger partial charge is 0.0863 e. The van der Waals surface area contributed by atoms with Gasteiger partial charge >= 0.3 is 0 Å². The van der Waals surface area contributed by atoms with Crippen LogP contribution >= 0.6 is 0 Å². The van der Waals surface area contributed by atoms with Crippen LogP contribution in [0.5, 0.6) is 0 Å². The van der Waals surface area contributed by atoms with Crippen LogP contribution in [0.15, 0.2) is 46.4 Å². The van der Waals surface area contributed by atoms with Crippen LogP contribution in [0.4, 0.5) is 22.7 Å². The largest absolute Gasteiger partial charge is 0.386 e. The highest BCUT2D eigenvalue weighted by Gasteiger charge is 2.07. The van der Waals surface area contributed by atoms with E-state index in [1.165, 1.54) is 0 Å². The predicted octanol–water partition coefficient (Wildman–Crippen LogP) is 6.15. The van der Waals surface area contributed by atoms with E-state index in [4.69, 9.17) is 0 Å². The minimum atomic E-state index is 0.414. The Kier molecular flexibility index (Phi) is 6.96. The maximum atomic E-state index is 4.65. The van der Waals surface area contributed by atoms with Crippen LogP contribution in [-0.2, 0) is 0 Å². The van der Waals surface area contributed by atoms with Crippen molar-refractivity contribution in [3.05, 3.63) is 36.4 Å². The van der Waals surface area contributed by atoms with Crippen molar-refractivity contribution in [2.45, 2.75) is 27.7 Å². The second-order valence-electron chi connectivity index (χ2n) is 7.01. The highest BCUT2D eigenvalue weighted by molar-refractivity contribution is 5.82. The van der Waals surface area contributed by atoms with Crippen molar-refractivity contribution in [1.29, 1.82) is 0 Å². The van der Waals surface area contributed by atoms with E-state index in [1.54, 1.807) is 0 Å². The normalized spacial score (nSPS) is 11.8. The van der Waals surface area contributed by atoms with Gasteiger partial charge in [0.15, 0.2) is 0 Å². The third-order valence-corrected chi connectivity index (χ3v) is 3.89. The van der Waals surface area contributed by atoms with Crippen molar-refractivity contribution in [2.75, 3.05) is 24.7 Å². The van der Waals surface area contributed by atoms with Crippen molar-refractivity contribution in [3.8, 4) is 11.1 Å². The molecular weight excluding hydrogens is 320 g/mol. The Morgan fingerprint density at radius 3 is 1.81 bits per heavy atom. The monoisotopic (exact) mass is 350 g/mol. The molecule has 0 atom stereocenters. The zero-order valence-corrected chi connectivity index (χ0v) is 16.7. The number of hydrogen-bond acceptors (Lipinski definition) is 4. The molecule has 2 rings (SSSR count). The van der Waals surface area contributed by atoms with Gasteiger partial charge in [0.25, 0.3) is 0 Å². The zero-order chi connectivity index (χ0) is 19.1. The molecule has 0 bridgehead atoms. The van der Waals surface area contributed by atoms with E-state index >= 15 is 0 Å². The molecule has 0 aromatic heterocycles. The van der Waals surface area contributed by atoms with E-state index < -0.39 is 0 Å². The molecule has 0 unspecified atom stereocenters. The topological polar surface area (TPSA) is 48.8 Å². The summed E-state index contributed by atoms with van der Waals surface area (Å²) in [5, 5.41) is 6.46. The number of nitrogens with zero attached hydrogens (tertiary/aromatic N) is 2. The molecule has 0 amide bonds. The van der Waals surface area contributed by atoms with Crippen LogP contribution in [0.1, 0.15) is 27.7 Å². The Balaban J connectivity index is 2.43. The number of benzene rings is 2. The zero-order valence-electron chi connectivity index (χ0n) is 16.7. The van der Waals surface area contributed by atoms with Gasteiger partial charge in [0.2, 0.25) is 0 Å². The molecule has 0 aliphatic rings. The maximum absolute atomic E-state index is 4.65. The van der Waals surface area contributed by atoms with Gasteiger partial charge in [-0.2, -0.15) is 0 Å². The first-order valence-corrected chi connectivity index (χ1v) is 9.17. The second-order valence-corrected chi connectivity index (χ2v) is 7.01. The molecule has 26 heavy (non-hydrogen) atoms. The lowest BCUT2D eigenvalue weighted by atomic mass is 10.0. The van der Waals surface area contributed by atoms with Gasteiger partial charge in [-0.15, -0.1) is 0 Å². The summed E-state index contributed by atoms with van der Waals surface area (Å²) in [7, 11) is 3.85. The summed E-state index contributed by atoms with van der Waals surface area (Å²) in [5.41, 5.74) is 6.22. The van der Waals surface area contributed by atoms with Crippen molar-refractivity contribution in [2.24, 2.45) is 21.8 Å². The molecule has 0 aliphatic carbocycles. The van der Waals surface area contributed by atoms with Crippen LogP contribution in [0.25, 0.3) is 11.1 Å². The highest BCUT2D eigenvalue weighted by atomic mass is 14.9. The second kappa shape index (κ2) is 9.18. The molecule has 138 valence electrons. The fraction of sp³-hybridized carbons (Fsp3) is 0.364. The third-order valence-electron chi connectivity index (χ3n) is 3.89. The van der Waals surface area contributed by atoms with Crippen LogP contribution in [0, 0.1) is 11.8 Å². The van der Waals surface area contributed by atoms with Crippen molar-refractivity contribution >= 4 is 35.2 Å². The SMILES string of the molecule is CNc1ccc(-c2ccc(N=CC(C)C)c(NC)c2)cc1N=CC(C)C. The van der Waals surface area contributed by atoms with E-state index in [1.807, 2.05) is 26.5 Å². The predicted molar refractivity (Wildman–Crippen MR) is 117 cm³/mol. The van der Waals surface area contributed by atoms with Gasteiger partial charge in [-0.3, -0.25) is 9.98 Å². The fourth-order valence-corrected chi connectivity index (χ4v) is 2.52. The average Bonchev–Trinajstić information content (AvgIpc) is 2.64. The molecule has 2 aromatic carbocycles. The number of rotatable bonds is 7. The number of anilines is 2. The van der Waals surface area contributed by atoms with Gasteiger partial charge in [0, 0.05) is 26.5 Å². The standard InChI is InChI=1S/C22H30N4/c1-15(2)13-25-20-10-8-17(11-21(20)24-6)18-7-9-19(23-5)22(12-18)26-14-16(3)4/h7-16,23-24H,1-6H3. The molecule has 0 aliphatic heterocycles. The molecule has 0 heterocycles. The molecule has 0 saturated carbocycles. The molecule has 0 radical (unpaired) electrons. The Bertz CT molecular complexity index is 789. The Morgan fingerprint density at radius 1 is 0.692 bits per heavy atom. The molecule has 4 nitrogen and oxygen atoms in total. The third kappa shape index (κ3) is 5.19. The van der Waals surface area contributed by atoms with E-state index in [0.29, 0.717) is 11.8 Å². The van der Waals surface area contributed by atoms with Crippen molar-refractivity contribution in [1.82, 2.24) is 0 Å². The average molecular weight is 351 g/mol. The summed E-state index contributed by atoms with van der Waals surface area (Å²) in [4.78, 5) is 9.23.